The number of nitrogens with one attached hydrogen (secondary N) is 2. The largest absolute Gasteiger partial charge is 0.449 e. The van der Waals surface area contributed by atoms with Crippen molar-refractivity contribution in [3.63, 3.8) is 0 Å². The predicted molar refractivity (Wildman–Crippen MR) is 111 cm³/mol. The van der Waals surface area contributed by atoms with Gasteiger partial charge in [-0.2, -0.15) is 0 Å². The number of anilines is 1. The van der Waals surface area contributed by atoms with Gasteiger partial charge in [0, 0.05) is 13.6 Å². The number of esters is 1. The monoisotopic (exact) mass is 433 g/mol. The fourth-order valence-corrected chi connectivity index (χ4v) is 4.07. The summed E-state index contributed by atoms with van der Waals surface area (Å²) in [7, 11) is -2.60. The third-order valence-electron chi connectivity index (χ3n) is 4.11. The van der Waals surface area contributed by atoms with Gasteiger partial charge in [0.15, 0.2) is 6.10 Å². The summed E-state index contributed by atoms with van der Waals surface area (Å²) in [5.74, 6) is -1.71. The Labute approximate surface area is 175 Å². The molecule has 0 spiro atoms. The third-order valence-corrected chi connectivity index (χ3v) is 6.00. The van der Waals surface area contributed by atoms with Crippen molar-refractivity contribution >= 4 is 33.6 Å². The first-order valence-electron chi connectivity index (χ1n) is 9.12. The van der Waals surface area contributed by atoms with Crippen molar-refractivity contribution in [2.75, 3.05) is 17.9 Å². The van der Waals surface area contributed by atoms with Gasteiger partial charge >= 0.3 is 12.0 Å². The van der Waals surface area contributed by atoms with Crippen LogP contribution in [-0.2, 0) is 19.6 Å². The molecule has 0 fully saturated rings. The van der Waals surface area contributed by atoms with Crippen LogP contribution in [0.5, 0.6) is 0 Å². The summed E-state index contributed by atoms with van der Waals surface area (Å²) in [6, 6.07) is 13.2. The van der Waals surface area contributed by atoms with E-state index in [0.29, 0.717) is 5.69 Å². The highest BCUT2D eigenvalue weighted by Crippen LogP contribution is 2.24. The van der Waals surface area contributed by atoms with Gasteiger partial charge in [-0.3, -0.25) is 14.4 Å². The van der Waals surface area contributed by atoms with E-state index in [0.717, 1.165) is 0 Å². The first-order valence-corrected chi connectivity index (χ1v) is 10.6. The Kier molecular flexibility index (Phi) is 7.54. The van der Waals surface area contributed by atoms with E-state index < -0.39 is 34.0 Å². The van der Waals surface area contributed by atoms with E-state index >= 15 is 0 Å². The van der Waals surface area contributed by atoms with Crippen LogP contribution in [-0.4, -0.2) is 46.0 Å². The molecule has 0 aliphatic rings. The summed E-state index contributed by atoms with van der Waals surface area (Å²) in [5, 5.41) is 4.20. The van der Waals surface area contributed by atoms with Crippen LogP contribution in [0.15, 0.2) is 59.5 Å². The molecule has 0 bridgehead atoms. The van der Waals surface area contributed by atoms with Gasteiger partial charge in [0.1, 0.15) is 0 Å². The van der Waals surface area contributed by atoms with E-state index in [1.165, 1.54) is 42.5 Å². The van der Waals surface area contributed by atoms with Crippen molar-refractivity contribution in [2.24, 2.45) is 0 Å². The average molecular weight is 433 g/mol. The number of para-hydroxylation sites is 1. The van der Waals surface area contributed by atoms with Crippen molar-refractivity contribution in [1.29, 1.82) is 0 Å². The zero-order valence-corrected chi connectivity index (χ0v) is 17.6. The van der Waals surface area contributed by atoms with E-state index in [1.807, 2.05) is 5.32 Å². The molecule has 2 N–H and O–H groups in total. The zero-order chi connectivity index (χ0) is 22.3. The van der Waals surface area contributed by atoms with Gasteiger partial charge in [-0.15, -0.1) is 0 Å². The van der Waals surface area contributed by atoms with E-state index in [4.69, 9.17) is 4.74 Å². The maximum Gasteiger partial charge on any atom is 0.338 e. The number of hydrogen-bond donors (Lipinski definition) is 2. The highest BCUT2D eigenvalue weighted by atomic mass is 32.2. The Morgan fingerprint density at radius 1 is 1.07 bits per heavy atom. The summed E-state index contributed by atoms with van der Waals surface area (Å²) in [4.78, 5) is 35.3. The zero-order valence-electron chi connectivity index (χ0n) is 16.8. The van der Waals surface area contributed by atoms with E-state index in [1.54, 1.807) is 37.3 Å². The minimum absolute atomic E-state index is 0.0419. The smallest absolute Gasteiger partial charge is 0.338 e. The Morgan fingerprint density at radius 3 is 2.33 bits per heavy atom. The molecule has 0 aromatic heterocycles. The van der Waals surface area contributed by atoms with E-state index in [9.17, 15) is 22.8 Å². The molecule has 160 valence electrons. The first-order chi connectivity index (χ1) is 14.2. The molecule has 1 unspecified atom stereocenters. The number of sulfonamides is 1. The maximum atomic E-state index is 13.1. The summed E-state index contributed by atoms with van der Waals surface area (Å²) < 4.78 is 32.4. The number of hydrogen-bond acceptors (Lipinski definition) is 6. The van der Waals surface area contributed by atoms with Gasteiger partial charge in [0.25, 0.3) is 15.9 Å². The van der Waals surface area contributed by atoms with Crippen molar-refractivity contribution in [1.82, 2.24) is 10.6 Å². The molecule has 0 aliphatic carbocycles. The Bertz CT molecular complexity index is 1020. The molecular formula is C20H23N3O6S. The predicted octanol–water partition coefficient (Wildman–Crippen LogP) is 1.90. The van der Waals surface area contributed by atoms with Gasteiger partial charge in [0.05, 0.1) is 16.1 Å². The molecule has 3 amide bonds. The minimum atomic E-state index is -3.93. The van der Waals surface area contributed by atoms with Crippen LogP contribution in [0.2, 0.25) is 0 Å². The molecule has 0 saturated heterocycles. The van der Waals surface area contributed by atoms with E-state index in [-0.39, 0.29) is 17.0 Å². The second-order valence-electron chi connectivity index (χ2n) is 6.15. The Hall–Kier alpha value is -3.40. The van der Waals surface area contributed by atoms with Crippen LogP contribution in [0.1, 0.15) is 24.2 Å². The maximum absolute atomic E-state index is 13.1. The highest BCUT2D eigenvalue weighted by Gasteiger charge is 2.26. The molecule has 30 heavy (non-hydrogen) atoms. The molecule has 2 rings (SSSR count). The van der Waals surface area contributed by atoms with Crippen molar-refractivity contribution < 1.29 is 27.5 Å². The molecule has 0 radical (unpaired) electrons. The number of amides is 3. The normalized spacial score (nSPS) is 11.8. The van der Waals surface area contributed by atoms with Gasteiger partial charge in [0.2, 0.25) is 0 Å². The van der Waals surface area contributed by atoms with Crippen LogP contribution >= 0.6 is 0 Å². The number of imide groups is 1. The first kappa shape index (κ1) is 22.9. The fourth-order valence-electron chi connectivity index (χ4n) is 2.55. The van der Waals surface area contributed by atoms with Gasteiger partial charge < -0.3 is 10.1 Å². The summed E-state index contributed by atoms with van der Waals surface area (Å²) in [5.41, 5.74) is 0.451. The summed E-state index contributed by atoms with van der Waals surface area (Å²) in [6.45, 7) is 3.19. The van der Waals surface area contributed by atoms with Crippen LogP contribution in [0.3, 0.4) is 0 Å². The summed E-state index contributed by atoms with van der Waals surface area (Å²) in [6.07, 6.45) is -1.26. The average Bonchev–Trinajstić information content (AvgIpc) is 2.74. The molecule has 0 saturated carbocycles. The van der Waals surface area contributed by atoms with Crippen molar-refractivity contribution in [3.8, 4) is 0 Å². The van der Waals surface area contributed by atoms with Crippen molar-refractivity contribution in [3.05, 3.63) is 60.2 Å². The number of ether oxygens (including phenoxy) is 1. The van der Waals surface area contributed by atoms with Crippen LogP contribution in [0.4, 0.5) is 10.5 Å². The SMILES string of the molecule is CCN(c1ccccc1)S(=O)(=O)c1cccc(C(=O)OC(C)C(=O)NC(=O)NC)c1. The lowest BCUT2D eigenvalue weighted by Crippen LogP contribution is -2.43. The third kappa shape index (κ3) is 5.35. The number of rotatable bonds is 7. The second-order valence-corrected chi connectivity index (χ2v) is 8.01. The lowest BCUT2D eigenvalue weighted by atomic mass is 10.2. The standard InChI is InChI=1S/C20H23N3O6S/c1-4-23(16-10-6-5-7-11-16)30(27,28)17-12-8-9-15(13-17)19(25)29-14(2)18(24)22-20(26)21-3/h5-14H,4H2,1-3H3,(H2,21,22,24,26). The Balaban J connectivity index is 2.23. The second kappa shape index (κ2) is 9.88. The molecule has 0 heterocycles. The van der Waals surface area contributed by atoms with Crippen LogP contribution < -0.4 is 14.9 Å². The quantitative estimate of drug-likeness (QED) is 0.643. The molecule has 2 aromatic carbocycles. The molecule has 0 aliphatic heterocycles. The minimum Gasteiger partial charge on any atom is -0.449 e. The molecule has 2 aromatic rings. The molecule has 9 nitrogen and oxygen atoms in total. The van der Waals surface area contributed by atoms with Gasteiger partial charge in [-0.1, -0.05) is 24.3 Å². The number of carbonyl (C=O) groups is 3. The molecule has 1 atom stereocenters. The fraction of sp³-hybridized carbons (Fsp3) is 0.250. The lowest BCUT2D eigenvalue weighted by molar-refractivity contribution is -0.127. The molecule has 10 heteroatoms. The van der Waals surface area contributed by atoms with Crippen LogP contribution in [0, 0.1) is 0 Å². The number of carbonyl (C=O) groups excluding carboxylic acids is 3. The topological polar surface area (TPSA) is 122 Å². The Morgan fingerprint density at radius 2 is 1.73 bits per heavy atom. The number of nitrogens with zero attached hydrogens (tertiary/aromatic N) is 1. The van der Waals surface area contributed by atoms with E-state index in [2.05, 4.69) is 5.32 Å². The van der Waals surface area contributed by atoms with Crippen molar-refractivity contribution in [2.45, 2.75) is 24.8 Å². The van der Waals surface area contributed by atoms with Gasteiger partial charge in [-0.05, 0) is 44.2 Å². The highest BCUT2D eigenvalue weighted by molar-refractivity contribution is 7.92. The van der Waals surface area contributed by atoms with Crippen LogP contribution in [0.25, 0.3) is 0 Å². The number of urea groups is 1. The van der Waals surface area contributed by atoms with Gasteiger partial charge in [-0.25, -0.2) is 18.0 Å². The lowest BCUT2D eigenvalue weighted by Gasteiger charge is -2.23. The molecular weight excluding hydrogens is 410 g/mol. The summed E-state index contributed by atoms with van der Waals surface area (Å²) >= 11 is 0. The number of benzene rings is 2.